The Morgan fingerprint density at radius 2 is 1.41 bits per heavy atom. The molecule has 0 bridgehead atoms. The van der Waals surface area contributed by atoms with Crippen LogP contribution in [0.4, 0.5) is 0 Å². The second kappa shape index (κ2) is 15.1. The highest BCUT2D eigenvalue weighted by atomic mass is 16.4. The number of aliphatic carboxylic acids is 1. The lowest BCUT2D eigenvalue weighted by Crippen LogP contribution is -2.58. The summed E-state index contributed by atoms with van der Waals surface area (Å²) < 4.78 is 0. The second-order valence-electron chi connectivity index (χ2n) is 9.30. The smallest absolute Gasteiger partial charge is 0.326 e. The van der Waals surface area contributed by atoms with E-state index in [1.807, 2.05) is 0 Å². The molecule has 12 N–H and O–H groups in total. The standard InChI is InChI=1S/C23H37N11O5/c1-12(2)18(24)21(37)32-15(4-3-5-29-23(25)26)19(35)33-16(6-13-8-27-10-30-13)20(36)34-17(22(38)39)7-14-9-28-11-31-14/h8-12,15-18H,3-7,24H2,1-2H3,(H,27,30)(H,28,31)(H,32,37)(H,33,35)(H,34,36)(H,38,39)(H4,25,26,29). The number of nitrogens with one attached hydrogen (secondary N) is 5. The van der Waals surface area contributed by atoms with Crippen LogP contribution in [0.1, 0.15) is 38.1 Å². The van der Waals surface area contributed by atoms with Gasteiger partial charge in [0.2, 0.25) is 17.7 Å². The minimum Gasteiger partial charge on any atom is -0.480 e. The van der Waals surface area contributed by atoms with Crippen LogP contribution >= 0.6 is 0 Å². The lowest BCUT2D eigenvalue weighted by atomic mass is 10.0. The number of aliphatic imine (C=N–C) groups is 1. The maximum absolute atomic E-state index is 13.3. The van der Waals surface area contributed by atoms with E-state index in [0.29, 0.717) is 17.8 Å². The van der Waals surface area contributed by atoms with Crippen molar-refractivity contribution >= 4 is 29.7 Å². The van der Waals surface area contributed by atoms with Crippen molar-refractivity contribution in [3.05, 3.63) is 36.4 Å². The Morgan fingerprint density at radius 1 is 0.897 bits per heavy atom. The number of rotatable bonds is 16. The largest absolute Gasteiger partial charge is 0.480 e. The summed E-state index contributed by atoms with van der Waals surface area (Å²) in [5.74, 6) is -3.50. The van der Waals surface area contributed by atoms with Crippen LogP contribution < -0.4 is 33.2 Å². The number of nitrogens with two attached hydrogens (primary N) is 3. The van der Waals surface area contributed by atoms with E-state index in [1.54, 1.807) is 13.8 Å². The zero-order valence-electron chi connectivity index (χ0n) is 21.9. The van der Waals surface area contributed by atoms with Crippen molar-refractivity contribution in [1.29, 1.82) is 0 Å². The first-order valence-corrected chi connectivity index (χ1v) is 12.4. The number of carbonyl (C=O) groups is 4. The summed E-state index contributed by atoms with van der Waals surface area (Å²) in [5.41, 5.74) is 17.7. The first-order valence-electron chi connectivity index (χ1n) is 12.4. The molecule has 3 amide bonds. The molecule has 16 heteroatoms. The molecule has 0 spiro atoms. The number of aromatic amines is 2. The van der Waals surface area contributed by atoms with Crippen LogP contribution in [0.2, 0.25) is 0 Å². The summed E-state index contributed by atoms with van der Waals surface area (Å²) in [7, 11) is 0. The van der Waals surface area contributed by atoms with Crippen molar-refractivity contribution in [2.45, 2.75) is 63.7 Å². The topological polar surface area (TPSA) is 272 Å². The van der Waals surface area contributed by atoms with E-state index >= 15 is 0 Å². The molecule has 0 saturated carbocycles. The van der Waals surface area contributed by atoms with E-state index in [4.69, 9.17) is 17.2 Å². The number of hydrogen-bond donors (Lipinski definition) is 9. The Balaban J connectivity index is 2.21. The molecule has 16 nitrogen and oxygen atoms in total. The van der Waals surface area contributed by atoms with Gasteiger partial charge in [-0.25, -0.2) is 14.8 Å². The minimum absolute atomic E-state index is 0.0197. The van der Waals surface area contributed by atoms with Gasteiger partial charge in [0.25, 0.3) is 0 Å². The van der Waals surface area contributed by atoms with E-state index in [1.165, 1.54) is 25.0 Å². The van der Waals surface area contributed by atoms with Crippen LogP contribution in [-0.4, -0.2) is 85.4 Å². The molecule has 4 unspecified atom stereocenters. The number of carbonyl (C=O) groups excluding carboxylic acids is 3. The average Bonchev–Trinajstić information content (AvgIpc) is 3.58. The number of guanidine groups is 1. The fourth-order valence-electron chi connectivity index (χ4n) is 3.53. The summed E-state index contributed by atoms with van der Waals surface area (Å²) in [4.78, 5) is 68.3. The van der Waals surface area contributed by atoms with Crippen molar-refractivity contribution in [3.8, 4) is 0 Å². The first-order chi connectivity index (χ1) is 18.5. The van der Waals surface area contributed by atoms with Crippen LogP contribution in [-0.2, 0) is 32.0 Å². The van der Waals surface area contributed by atoms with Crippen molar-refractivity contribution in [3.63, 3.8) is 0 Å². The van der Waals surface area contributed by atoms with Gasteiger partial charge in [-0.15, -0.1) is 0 Å². The van der Waals surface area contributed by atoms with Gasteiger partial charge in [0.05, 0.1) is 18.7 Å². The van der Waals surface area contributed by atoms with Gasteiger partial charge in [-0.1, -0.05) is 13.8 Å². The van der Waals surface area contributed by atoms with E-state index in [-0.39, 0.29) is 37.7 Å². The first kappa shape index (κ1) is 30.8. The van der Waals surface area contributed by atoms with Gasteiger partial charge >= 0.3 is 5.97 Å². The van der Waals surface area contributed by atoms with Crippen LogP contribution in [0.15, 0.2) is 30.0 Å². The summed E-state index contributed by atoms with van der Waals surface area (Å²) in [5, 5.41) is 17.4. The Morgan fingerprint density at radius 3 is 1.90 bits per heavy atom. The zero-order valence-corrected chi connectivity index (χ0v) is 21.9. The number of carboxylic acid groups (broad SMARTS) is 1. The number of nitrogens with zero attached hydrogens (tertiary/aromatic N) is 3. The van der Waals surface area contributed by atoms with E-state index in [2.05, 4.69) is 40.9 Å². The molecule has 0 radical (unpaired) electrons. The highest BCUT2D eigenvalue weighted by molar-refractivity contribution is 5.94. The van der Waals surface area contributed by atoms with Gasteiger partial charge in [-0.3, -0.25) is 19.4 Å². The molecule has 0 aliphatic carbocycles. The van der Waals surface area contributed by atoms with Crippen molar-refractivity contribution in [2.24, 2.45) is 28.1 Å². The lowest BCUT2D eigenvalue weighted by Gasteiger charge is -2.25. The Labute approximate surface area is 225 Å². The van der Waals surface area contributed by atoms with E-state index < -0.39 is 47.9 Å². The van der Waals surface area contributed by atoms with Gasteiger partial charge < -0.3 is 48.2 Å². The van der Waals surface area contributed by atoms with Crippen LogP contribution in [0.25, 0.3) is 0 Å². The third-order valence-electron chi connectivity index (χ3n) is 5.80. The summed E-state index contributed by atoms with van der Waals surface area (Å²) in [6.07, 6.45) is 6.14. The molecule has 2 heterocycles. The number of aromatic nitrogens is 4. The summed E-state index contributed by atoms with van der Waals surface area (Å²) in [6, 6.07) is -4.41. The second-order valence-corrected chi connectivity index (χ2v) is 9.30. The number of H-pyrrole nitrogens is 2. The van der Waals surface area contributed by atoms with Gasteiger partial charge in [-0.05, 0) is 18.8 Å². The molecule has 0 saturated heterocycles. The third kappa shape index (κ3) is 10.4. The molecular formula is C23H37N11O5. The lowest BCUT2D eigenvalue weighted by molar-refractivity contribution is -0.142. The van der Waals surface area contributed by atoms with Crippen LogP contribution in [0, 0.1) is 5.92 Å². The molecule has 2 aromatic rings. The summed E-state index contributed by atoms with van der Waals surface area (Å²) in [6.45, 7) is 3.75. The predicted octanol–water partition coefficient (Wildman–Crippen LogP) is -2.51. The molecule has 0 aliphatic rings. The minimum atomic E-state index is -1.29. The Bertz CT molecular complexity index is 1100. The third-order valence-corrected chi connectivity index (χ3v) is 5.80. The quantitative estimate of drug-likeness (QED) is 0.0605. The molecule has 2 aromatic heterocycles. The fourth-order valence-corrected chi connectivity index (χ4v) is 3.53. The van der Waals surface area contributed by atoms with Crippen LogP contribution in [0.3, 0.4) is 0 Å². The number of imidazole rings is 2. The molecule has 39 heavy (non-hydrogen) atoms. The van der Waals surface area contributed by atoms with E-state index in [0.717, 1.165) is 0 Å². The maximum Gasteiger partial charge on any atom is 0.326 e. The predicted molar refractivity (Wildman–Crippen MR) is 141 cm³/mol. The molecule has 2 rings (SSSR count). The molecule has 0 aromatic carbocycles. The van der Waals surface area contributed by atoms with Gasteiger partial charge in [0.1, 0.15) is 18.1 Å². The molecule has 0 fully saturated rings. The molecule has 214 valence electrons. The van der Waals surface area contributed by atoms with Crippen molar-refractivity contribution < 1.29 is 24.3 Å². The number of hydrogen-bond acceptors (Lipinski definition) is 8. The monoisotopic (exact) mass is 547 g/mol. The van der Waals surface area contributed by atoms with Gasteiger partial charge in [0, 0.05) is 43.2 Å². The van der Waals surface area contributed by atoms with Crippen molar-refractivity contribution in [1.82, 2.24) is 35.9 Å². The molecule has 0 aliphatic heterocycles. The van der Waals surface area contributed by atoms with Gasteiger partial charge in [0.15, 0.2) is 5.96 Å². The van der Waals surface area contributed by atoms with Gasteiger partial charge in [-0.2, -0.15) is 0 Å². The zero-order chi connectivity index (χ0) is 28.9. The normalized spacial score (nSPS) is 14.1. The SMILES string of the molecule is CC(C)C(N)C(=O)NC(CCCN=C(N)N)C(=O)NC(Cc1cnc[nH]1)C(=O)NC(Cc1cnc[nH]1)C(=O)O. The highest BCUT2D eigenvalue weighted by Crippen LogP contribution is 2.07. The molecular weight excluding hydrogens is 510 g/mol. The molecule has 4 atom stereocenters. The summed E-state index contributed by atoms with van der Waals surface area (Å²) >= 11 is 0. The number of carboxylic acids is 1. The van der Waals surface area contributed by atoms with E-state index in [9.17, 15) is 24.3 Å². The fraction of sp³-hybridized carbons (Fsp3) is 0.522. The Kier molecular flexibility index (Phi) is 11.9. The number of amides is 3. The Hall–Kier alpha value is -4.47. The maximum atomic E-state index is 13.3. The average molecular weight is 548 g/mol. The highest BCUT2D eigenvalue weighted by Gasteiger charge is 2.31. The van der Waals surface area contributed by atoms with Crippen molar-refractivity contribution in [2.75, 3.05) is 6.54 Å². The van der Waals surface area contributed by atoms with Crippen LogP contribution in [0.5, 0.6) is 0 Å².